The van der Waals surface area contributed by atoms with Gasteiger partial charge in [0, 0.05) is 12.7 Å². The Morgan fingerprint density at radius 3 is 2.89 bits per heavy atom. The minimum Gasteiger partial charge on any atom is -0.319 e. The van der Waals surface area contributed by atoms with Crippen LogP contribution in [0.5, 0.6) is 0 Å². The first-order valence-corrected chi connectivity index (χ1v) is 6.66. The Bertz CT molecular complexity index is 595. The molecule has 1 aromatic carbocycles. The fourth-order valence-corrected chi connectivity index (χ4v) is 2.05. The number of aryl methyl sites for hydroxylation is 1. The third-order valence-corrected chi connectivity index (χ3v) is 3.40. The summed E-state index contributed by atoms with van der Waals surface area (Å²) in [6, 6.07) is 6.77. The summed E-state index contributed by atoms with van der Waals surface area (Å²) >= 11 is 11.9. The zero-order chi connectivity index (χ0) is 13.8. The smallest absolute Gasteiger partial charge is 0.273 e. The summed E-state index contributed by atoms with van der Waals surface area (Å²) in [6.07, 6.45) is 2.50. The number of halogens is 2. The second kappa shape index (κ2) is 6.08. The molecule has 2 rings (SSSR count). The normalized spacial score (nSPS) is 10.5. The number of carbonyl (C=O) groups is 1. The molecule has 0 aliphatic rings. The van der Waals surface area contributed by atoms with E-state index in [1.807, 2.05) is 6.92 Å². The topological polar surface area (TPSA) is 46.9 Å². The minimum absolute atomic E-state index is 0.255. The van der Waals surface area contributed by atoms with Gasteiger partial charge in [-0.3, -0.25) is 9.48 Å². The lowest BCUT2D eigenvalue weighted by Crippen LogP contribution is -2.18. The molecule has 19 heavy (non-hydrogen) atoms. The van der Waals surface area contributed by atoms with Crippen molar-refractivity contribution in [3.05, 3.63) is 46.2 Å². The molecular weight excluding hydrogens is 285 g/mol. The van der Waals surface area contributed by atoms with Gasteiger partial charge in [0.1, 0.15) is 5.69 Å². The Kier molecular flexibility index (Phi) is 4.45. The summed E-state index contributed by atoms with van der Waals surface area (Å²) in [5, 5.41) is 7.58. The van der Waals surface area contributed by atoms with Crippen molar-refractivity contribution in [1.29, 1.82) is 0 Å². The highest BCUT2D eigenvalue weighted by molar-refractivity contribution is 6.44. The predicted molar refractivity (Wildman–Crippen MR) is 76.9 cm³/mol. The van der Waals surface area contributed by atoms with Crippen molar-refractivity contribution in [3.8, 4) is 0 Å². The van der Waals surface area contributed by atoms with Crippen LogP contribution in [0, 0.1) is 0 Å². The van der Waals surface area contributed by atoms with E-state index in [1.54, 1.807) is 35.1 Å². The Morgan fingerprint density at radius 1 is 1.37 bits per heavy atom. The molecule has 1 N–H and O–H groups in total. The number of nitrogens with zero attached hydrogens (tertiary/aromatic N) is 2. The van der Waals surface area contributed by atoms with Crippen LogP contribution in [0.25, 0.3) is 0 Å². The Hall–Kier alpha value is -1.52. The van der Waals surface area contributed by atoms with Crippen LogP contribution in [0.2, 0.25) is 10.0 Å². The molecule has 0 aliphatic carbocycles. The van der Waals surface area contributed by atoms with E-state index >= 15 is 0 Å². The van der Waals surface area contributed by atoms with E-state index < -0.39 is 0 Å². The van der Waals surface area contributed by atoms with Crippen LogP contribution < -0.4 is 5.32 Å². The van der Waals surface area contributed by atoms with Crippen molar-refractivity contribution >= 4 is 34.8 Å². The number of anilines is 1. The SMILES string of the molecule is CCCn1nccc1C(=O)Nc1cccc(Cl)c1Cl. The first kappa shape index (κ1) is 13.9. The van der Waals surface area contributed by atoms with E-state index in [-0.39, 0.29) is 5.91 Å². The van der Waals surface area contributed by atoms with Gasteiger partial charge in [-0.1, -0.05) is 36.2 Å². The number of carbonyl (C=O) groups excluding carboxylic acids is 1. The van der Waals surface area contributed by atoms with Crippen LogP contribution in [0.4, 0.5) is 5.69 Å². The molecular formula is C13H13Cl2N3O. The van der Waals surface area contributed by atoms with Crippen molar-refractivity contribution in [3.63, 3.8) is 0 Å². The number of rotatable bonds is 4. The third kappa shape index (κ3) is 3.08. The zero-order valence-corrected chi connectivity index (χ0v) is 11.9. The highest BCUT2D eigenvalue weighted by Gasteiger charge is 2.14. The number of nitrogens with one attached hydrogen (secondary N) is 1. The molecule has 6 heteroatoms. The van der Waals surface area contributed by atoms with Crippen LogP contribution in [0.3, 0.4) is 0 Å². The lowest BCUT2D eigenvalue weighted by molar-refractivity contribution is 0.101. The molecule has 0 saturated heterocycles. The van der Waals surface area contributed by atoms with Crippen LogP contribution in [-0.4, -0.2) is 15.7 Å². The van der Waals surface area contributed by atoms with Crippen molar-refractivity contribution in [1.82, 2.24) is 9.78 Å². The van der Waals surface area contributed by atoms with Crippen LogP contribution in [0.15, 0.2) is 30.5 Å². The number of hydrogen-bond acceptors (Lipinski definition) is 2. The average molecular weight is 298 g/mol. The number of benzene rings is 1. The molecule has 1 aromatic heterocycles. The van der Waals surface area contributed by atoms with Gasteiger partial charge in [0.2, 0.25) is 0 Å². The maximum atomic E-state index is 12.2. The first-order valence-electron chi connectivity index (χ1n) is 5.90. The van der Waals surface area contributed by atoms with E-state index in [1.165, 1.54) is 0 Å². The van der Waals surface area contributed by atoms with Crippen LogP contribution in [0.1, 0.15) is 23.8 Å². The fraction of sp³-hybridized carbons (Fsp3) is 0.231. The van der Waals surface area contributed by atoms with E-state index in [4.69, 9.17) is 23.2 Å². The Balaban J connectivity index is 2.21. The highest BCUT2D eigenvalue weighted by Crippen LogP contribution is 2.29. The second-order valence-electron chi connectivity index (χ2n) is 4.00. The van der Waals surface area contributed by atoms with Gasteiger partial charge in [0.05, 0.1) is 15.7 Å². The van der Waals surface area contributed by atoms with Crippen LogP contribution in [-0.2, 0) is 6.54 Å². The Morgan fingerprint density at radius 2 is 2.16 bits per heavy atom. The van der Waals surface area contributed by atoms with Gasteiger partial charge in [-0.25, -0.2) is 0 Å². The molecule has 0 unspecified atom stereocenters. The standard InChI is InChI=1S/C13H13Cl2N3O/c1-2-8-18-11(6-7-16-18)13(19)17-10-5-3-4-9(14)12(10)15/h3-7H,2,8H2,1H3,(H,17,19). The van der Waals surface area contributed by atoms with Crippen LogP contribution >= 0.6 is 23.2 Å². The van der Waals surface area contributed by atoms with E-state index in [0.29, 0.717) is 28.0 Å². The van der Waals surface area contributed by atoms with Crippen molar-refractivity contribution in [2.24, 2.45) is 0 Å². The van der Waals surface area contributed by atoms with Crippen molar-refractivity contribution < 1.29 is 4.79 Å². The molecule has 1 heterocycles. The lowest BCUT2D eigenvalue weighted by atomic mass is 10.3. The summed E-state index contributed by atoms with van der Waals surface area (Å²) < 4.78 is 1.66. The lowest BCUT2D eigenvalue weighted by Gasteiger charge is -2.09. The highest BCUT2D eigenvalue weighted by atomic mass is 35.5. The van der Waals surface area contributed by atoms with Gasteiger partial charge in [-0.15, -0.1) is 0 Å². The quantitative estimate of drug-likeness (QED) is 0.932. The molecule has 0 bridgehead atoms. The summed E-state index contributed by atoms with van der Waals surface area (Å²) in [5.74, 6) is -0.255. The van der Waals surface area contributed by atoms with Crippen molar-refractivity contribution in [2.75, 3.05) is 5.32 Å². The minimum atomic E-state index is -0.255. The summed E-state index contributed by atoms with van der Waals surface area (Å²) in [7, 11) is 0. The fourth-order valence-electron chi connectivity index (χ4n) is 1.70. The molecule has 0 spiro atoms. The summed E-state index contributed by atoms with van der Waals surface area (Å²) in [4.78, 5) is 12.2. The van der Waals surface area contributed by atoms with Gasteiger partial charge in [-0.05, 0) is 24.6 Å². The number of aromatic nitrogens is 2. The van der Waals surface area contributed by atoms with E-state index in [2.05, 4.69) is 10.4 Å². The molecule has 0 atom stereocenters. The second-order valence-corrected chi connectivity index (χ2v) is 4.78. The van der Waals surface area contributed by atoms with Gasteiger partial charge in [-0.2, -0.15) is 5.10 Å². The first-order chi connectivity index (χ1) is 9.13. The molecule has 0 fully saturated rings. The third-order valence-electron chi connectivity index (χ3n) is 2.58. The largest absolute Gasteiger partial charge is 0.319 e. The predicted octanol–water partition coefficient (Wildman–Crippen LogP) is 3.85. The maximum Gasteiger partial charge on any atom is 0.273 e. The molecule has 1 amide bonds. The molecule has 0 aliphatic heterocycles. The summed E-state index contributed by atoms with van der Waals surface area (Å²) in [6.45, 7) is 2.72. The molecule has 100 valence electrons. The zero-order valence-electron chi connectivity index (χ0n) is 10.4. The molecule has 2 aromatic rings. The Labute approximate surface area is 121 Å². The van der Waals surface area contributed by atoms with E-state index in [0.717, 1.165) is 6.42 Å². The van der Waals surface area contributed by atoms with Crippen molar-refractivity contribution in [2.45, 2.75) is 19.9 Å². The maximum absolute atomic E-state index is 12.2. The molecule has 0 radical (unpaired) electrons. The van der Waals surface area contributed by atoms with Gasteiger partial charge >= 0.3 is 0 Å². The molecule has 0 saturated carbocycles. The number of hydrogen-bond donors (Lipinski definition) is 1. The van der Waals surface area contributed by atoms with E-state index in [9.17, 15) is 4.79 Å². The van der Waals surface area contributed by atoms with Gasteiger partial charge in [0.25, 0.3) is 5.91 Å². The van der Waals surface area contributed by atoms with Gasteiger partial charge in [0.15, 0.2) is 0 Å². The molecule has 4 nitrogen and oxygen atoms in total. The monoisotopic (exact) mass is 297 g/mol. The summed E-state index contributed by atoms with van der Waals surface area (Å²) in [5.41, 5.74) is 0.987. The number of amides is 1. The van der Waals surface area contributed by atoms with Gasteiger partial charge < -0.3 is 5.32 Å². The average Bonchev–Trinajstić information content (AvgIpc) is 2.84.